The second-order valence-electron chi connectivity index (χ2n) is 6.34. The summed E-state index contributed by atoms with van der Waals surface area (Å²) in [5, 5.41) is 0.615. The van der Waals surface area contributed by atoms with E-state index in [1.54, 1.807) is 11.1 Å². The molecular weight excluding hydrogens is 362 g/mol. The fourth-order valence-corrected chi connectivity index (χ4v) is 3.99. The quantitative estimate of drug-likeness (QED) is 0.689. The van der Waals surface area contributed by atoms with E-state index >= 15 is 0 Å². The number of anilines is 1. The van der Waals surface area contributed by atoms with Gasteiger partial charge in [-0.3, -0.25) is 14.7 Å². The average Bonchev–Trinajstić information content (AvgIpc) is 3.11. The summed E-state index contributed by atoms with van der Waals surface area (Å²) in [7, 11) is 0. The van der Waals surface area contributed by atoms with Crippen molar-refractivity contribution in [3.05, 3.63) is 65.4 Å². The van der Waals surface area contributed by atoms with Gasteiger partial charge in [-0.05, 0) is 43.2 Å². The molecule has 1 aliphatic heterocycles. The Labute approximate surface area is 161 Å². The van der Waals surface area contributed by atoms with Crippen molar-refractivity contribution in [1.29, 1.82) is 0 Å². The van der Waals surface area contributed by atoms with Gasteiger partial charge in [-0.2, -0.15) is 0 Å². The number of hydrogen-bond acceptors (Lipinski definition) is 6. The lowest BCUT2D eigenvalue weighted by atomic mass is 10.1. The van der Waals surface area contributed by atoms with Crippen LogP contribution in [0.15, 0.2) is 48.5 Å². The molecule has 7 heteroatoms. The fraction of sp³-hybridized carbons (Fsp3) is 0.250. The molecule has 1 amide bonds. The summed E-state index contributed by atoms with van der Waals surface area (Å²) < 4.78 is 11.8. The van der Waals surface area contributed by atoms with Crippen LogP contribution in [0.25, 0.3) is 10.2 Å². The zero-order chi connectivity index (χ0) is 18.8. The smallest absolute Gasteiger partial charge is 0.298 e. The van der Waals surface area contributed by atoms with Crippen molar-refractivity contribution in [2.75, 3.05) is 18.1 Å². The van der Waals surface area contributed by atoms with Gasteiger partial charge in [0, 0.05) is 6.20 Å². The van der Waals surface area contributed by atoms with Crippen LogP contribution >= 0.6 is 11.3 Å². The number of benzene rings is 1. The molecule has 3 heterocycles. The van der Waals surface area contributed by atoms with Crippen molar-refractivity contribution in [3.8, 4) is 0 Å². The molecule has 0 saturated heterocycles. The van der Waals surface area contributed by atoms with Crippen molar-refractivity contribution in [1.82, 2.24) is 9.97 Å². The molecule has 6 nitrogen and oxygen atoms in total. The minimum absolute atomic E-state index is 0.185. The first kappa shape index (κ1) is 17.5. The zero-order valence-corrected chi connectivity index (χ0v) is 16.0. The standard InChI is InChI=1S/C20H19N3O3S/c1-13-9-14(2)18-16(10-13)22-20(27-18)23(11-15-5-3-4-6-21-15)19(24)17-12-25-7-8-26-17/h3-6,9-10,12H,7-8,11H2,1-2H3. The number of aromatic nitrogens is 2. The number of amides is 1. The van der Waals surface area contributed by atoms with E-state index in [1.807, 2.05) is 31.2 Å². The summed E-state index contributed by atoms with van der Waals surface area (Å²) >= 11 is 1.49. The largest absolute Gasteiger partial charge is 0.494 e. The maximum absolute atomic E-state index is 13.1. The maximum atomic E-state index is 13.1. The minimum Gasteiger partial charge on any atom is -0.494 e. The van der Waals surface area contributed by atoms with Crippen LogP contribution in [0.3, 0.4) is 0 Å². The van der Waals surface area contributed by atoms with Crippen LogP contribution in [0.1, 0.15) is 16.8 Å². The monoisotopic (exact) mass is 381 g/mol. The second kappa shape index (κ2) is 7.36. The van der Waals surface area contributed by atoms with Crippen LogP contribution in [0, 0.1) is 13.8 Å². The first-order valence-corrected chi connectivity index (χ1v) is 9.47. The lowest BCUT2D eigenvalue weighted by Gasteiger charge is -2.22. The van der Waals surface area contributed by atoms with E-state index in [1.165, 1.54) is 17.6 Å². The van der Waals surface area contributed by atoms with Crippen LogP contribution in [0.5, 0.6) is 0 Å². The number of hydrogen-bond donors (Lipinski definition) is 0. The number of rotatable bonds is 4. The van der Waals surface area contributed by atoms with Gasteiger partial charge in [-0.1, -0.05) is 23.5 Å². The molecule has 1 aliphatic rings. The molecule has 0 N–H and O–H groups in total. The van der Waals surface area contributed by atoms with Gasteiger partial charge in [0.15, 0.2) is 5.13 Å². The summed E-state index contributed by atoms with van der Waals surface area (Å²) in [6.45, 7) is 5.20. The van der Waals surface area contributed by atoms with Gasteiger partial charge < -0.3 is 9.47 Å². The molecule has 27 heavy (non-hydrogen) atoms. The first-order chi connectivity index (χ1) is 13.1. The molecule has 0 saturated carbocycles. The number of thiazole rings is 1. The third-order valence-electron chi connectivity index (χ3n) is 4.19. The Balaban J connectivity index is 1.76. The Morgan fingerprint density at radius 1 is 1.26 bits per heavy atom. The van der Waals surface area contributed by atoms with Crippen molar-refractivity contribution >= 4 is 32.6 Å². The number of nitrogens with zero attached hydrogens (tertiary/aromatic N) is 3. The van der Waals surface area contributed by atoms with Crippen LogP contribution in [-0.4, -0.2) is 29.1 Å². The summed E-state index contributed by atoms with van der Waals surface area (Å²) in [5.74, 6) is -0.0990. The first-order valence-electron chi connectivity index (χ1n) is 8.66. The van der Waals surface area contributed by atoms with Crippen molar-refractivity contribution < 1.29 is 14.3 Å². The number of ether oxygens (including phenoxy) is 2. The Morgan fingerprint density at radius 2 is 2.15 bits per heavy atom. The van der Waals surface area contributed by atoms with Crippen LogP contribution in [-0.2, 0) is 20.8 Å². The lowest BCUT2D eigenvalue weighted by Crippen LogP contribution is -2.34. The van der Waals surface area contributed by atoms with Crippen molar-refractivity contribution in [3.63, 3.8) is 0 Å². The lowest BCUT2D eigenvalue weighted by molar-refractivity contribution is -0.120. The summed E-state index contributed by atoms with van der Waals surface area (Å²) in [4.78, 5) is 23.8. The maximum Gasteiger partial charge on any atom is 0.298 e. The predicted molar refractivity (Wildman–Crippen MR) is 105 cm³/mol. The highest BCUT2D eigenvalue weighted by Crippen LogP contribution is 2.33. The number of fused-ring (bicyclic) bond motifs is 1. The van der Waals surface area contributed by atoms with E-state index in [-0.39, 0.29) is 11.7 Å². The molecule has 2 aromatic heterocycles. The molecule has 0 spiro atoms. The SMILES string of the molecule is Cc1cc(C)c2sc(N(Cc3ccccn3)C(=O)C3=COCCO3)nc2c1. The van der Waals surface area contributed by atoms with E-state index in [2.05, 4.69) is 18.0 Å². The summed E-state index contributed by atoms with van der Waals surface area (Å²) in [6, 6.07) is 9.78. The molecule has 0 radical (unpaired) electrons. The van der Waals surface area contributed by atoms with Crippen molar-refractivity contribution in [2.24, 2.45) is 0 Å². The predicted octanol–water partition coefficient (Wildman–Crippen LogP) is 3.73. The minimum atomic E-state index is -0.284. The number of carbonyl (C=O) groups excluding carboxylic acids is 1. The Bertz CT molecular complexity index is 1010. The van der Waals surface area contributed by atoms with Gasteiger partial charge in [-0.15, -0.1) is 0 Å². The normalized spacial score (nSPS) is 13.6. The molecule has 1 aromatic carbocycles. The average molecular weight is 381 g/mol. The van der Waals surface area contributed by atoms with Crippen molar-refractivity contribution in [2.45, 2.75) is 20.4 Å². The topological polar surface area (TPSA) is 64.6 Å². The van der Waals surface area contributed by atoms with Gasteiger partial charge in [0.1, 0.15) is 19.5 Å². The highest BCUT2D eigenvalue weighted by Gasteiger charge is 2.27. The molecule has 4 rings (SSSR count). The molecule has 0 bridgehead atoms. The molecular formula is C20H19N3O3S. The van der Waals surface area contributed by atoms with Crippen LogP contribution in [0.2, 0.25) is 0 Å². The van der Waals surface area contributed by atoms with E-state index < -0.39 is 0 Å². The van der Waals surface area contributed by atoms with E-state index in [4.69, 9.17) is 14.5 Å². The second-order valence-corrected chi connectivity index (χ2v) is 7.32. The fourth-order valence-electron chi connectivity index (χ4n) is 2.97. The summed E-state index contributed by atoms with van der Waals surface area (Å²) in [5.41, 5.74) is 3.96. The number of aryl methyl sites for hydroxylation is 2. The third kappa shape index (κ3) is 3.64. The molecule has 0 aliphatic carbocycles. The number of pyridine rings is 1. The molecule has 0 atom stereocenters. The highest BCUT2D eigenvalue weighted by atomic mass is 32.1. The Kier molecular flexibility index (Phi) is 4.77. The van der Waals surface area contributed by atoms with Crippen LogP contribution < -0.4 is 4.90 Å². The summed E-state index contributed by atoms with van der Waals surface area (Å²) in [6.07, 6.45) is 3.09. The zero-order valence-electron chi connectivity index (χ0n) is 15.1. The van der Waals surface area contributed by atoms with Gasteiger partial charge in [0.05, 0.1) is 22.5 Å². The van der Waals surface area contributed by atoms with Gasteiger partial charge in [-0.25, -0.2) is 4.98 Å². The third-order valence-corrected chi connectivity index (χ3v) is 5.42. The Hall–Kier alpha value is -2.93. The van der Waals surface area contributed by atoms with Gasteiger partial charge >= 0.3 is 0 Å². The van der Waals surface area contributed by atoms with E-state index in [0.717, 1.165) is 27.0 Å². The molecule has 3 aromatic rings. The highest BCUT2D eigenvalue weighted by molar-refractivity contribution is 7.22. The molecule has 138 valence electrons. The number of carbonyl (C=O) groups is 1. The van der Waals surface area contributed by atoms with Crippen LogP contribution in [0.4, 0.5) is 5.13 Å². The van der Waals surface area contributed by atoms with E-state index in [9.17, 15) is 4.79 Å². The molecule has 0 fully saturated rings. The van der Waals surface area contributed by atoms with Gasteiger partial charge in [0.25, 0.3) is 5.91 Å². The van der Waals surface area contributed by atoms with E-state index in [0.29, 0.717) is 24.9 Å². The van der Waals surface area contributed by atoms with Gasteiger partial charge in [0.2, 0.25) is 5.76 Å². The Morgan fingerprint density at radius 3 is 2.89 bits per heavy atom. The molecule has 0 unspecified atom stereocenters.